The Kier molecular flexibility index (Phi) is 6.33. The minimum Gasteiger partial charge on any atom is -0.444 e. The van der Waals surface area contributed by atoms with Gasteiger partial charge in [0.15, 0.2) is 0 Å². The van der Waals surface area contributed by atoms with Gasteiger partial charge in [0.25, 0.3) is 0 Å². The van der Waals surface area contributed by atoms with Gasteiger partial charge in [-0.2, -0.15) is 0 Å². The van der Waals surface area contributed by atoms with Gasteiger partial charge in [0.1, 0.15) is 5.60 Å². The van der Waals surface area contributed by atoms with Crippen molar-refractivity contribution < 1.29 is 14.3 Å². The molecule has 6 heteroatoms. The van der Waals surface area contributed by atoms with Gasteiger partial charge in [0.2, 0.25) is 5.91 Å². The molecule has 1 spiro atoms. The highest BCUT2D eigenvalue weighted by molar-refractivity contribution is 6.18. The van der Waals surface area contributed by atoms with Crippen LogP contribution in [0.3, 0.4) is 0 Å². The molecule has 5 rings (SSSR count). The van der Waals surface area contributed by atoms with Crippen molar-refractivity contribution >= 4 is 23.6 Å². The monoisotopic (exact) mass is 494 g/mol. The van der Waals surface area contributed by atoms with Crippen LogP contribution in [0.2, 0.25) is 0 Å². The summed E-state index contributed by atoms with van der Waals surface area (Å²) in [6, 6.07) is 18.7. The number of hydrogen-bond donors (Lipinski definition) is 0. The molecule has 0 radical (unpaired) electrons. The number of amides is 2. The second-order valence-corrected chi connectivity index (χ2v) is 11.6. The van der Waals surface area contributed by atoms with Gasteiger partial charge >= 0.3 is 6.09 Å². The first kappa shape index (κ1) is 24.2. The van der Waals surface area contributed by atoms with Crippen LogP contribution in [0.15, 0.2) is 54.6 Å². The summed E-state index contributed by atoms with van der Waals surface area (Å²) in [4.78, 5) is 30.1. The quantitative estimate of drug-likeness (QED) is 0.475. The van der Waals surface area contributed by atoms with E-state index in [1.54, 1.807) is 0 Å². The molecule has 0 aromatic heterocycles. The van der Waals surface area contributed by atoms with E-state index < -0.39 is 5.60 Å². The SMILES string of the molecule is CC(C)(C)OC(=O)N1CCC2(CC1)CC1CC(=O)N([C@H](CCl)c3ccccc3)C1c1ccccc12. The number of likely N-dealkylation sites (tertiary alicyclic amines) is 2. The van der Waals surface area contributed by atoms with Crippen molar-refractivity contribution in [1.29, 1.82) is 0 Å². The van der Waals surface area contributed by atoms with Gasteiger partial charge in [0.05, 0.1) is 12.1 Å². The highest BCUT2D eigenvalue weighted by atomic mass is 35.5. The fourth-order valence-corrected chi connectivity index (χ4v) is 6.87. The zero-order chi connectivity index (χ0) is 24.8. The first-order chi connectivity index (χ1) is 16.7. The maximum atomic E-state index is 13.5. The molecule has 0 saturated carbocycles. The van der Waals surface area contributed by atoms with Crippen LogP contribution in [0.25, 0.3) is 0 Å². The van der Waals surface area contributed by atoms with Gasteiger partial charge < -0.3 is 14.5 Å². The zero-order valence-corrected chi connectivity index (χ0v) is 21.6. The Morgan fingerprint density at radius 3 is 2.40 bits per heavy atom. The van der Waals surface area contributed by atoms with E-state index in [-0.39, 0.29) is 35.4 Å². The van der Waals surface area contributed by atoms with Crippen LogP contribution < -0.4 is 0 Å². The fraction of sp³-hybridized carbons (Fsp3) is 0.517. The van der Waals surface area contributed by atoms with Crippen LogP contribution in [0.5, 0.6) is 0 Å². The summed E-state index contributed by atoms with van der Waals surface area (Å²) in [5.74, 6) is 0.810. The van der Waals surface area contributed by atoms with Crippen LogP contribution >= 0.6 is 11.6 Å². The van der Waals surface area contributed by atoms with E-state index in [1.165, 1.54) is 11.1 Å². The molecule has 2 amide bonds. The summed E-state index contributed by atoms with van der Waals surface area (Å²) in [6.45, 7) is 7.06. The minimum atomic E-state index is -0.498. The second kappa shape index (κ2) is 9.16. The number of hydrogen-bond acceptors (Lipinski definition) is 3. The summed E-state index contributed by atoms with van der Waals surface area (Å²) in [5.41, 5.74) is 3.16. The molecule has 2 aromatic carbocycles. The summed E-state index contributed by atoms with van der Waals surface area (Å²) in [6.07, 6.45) is 3.06. The Bertz CT molecular complexity index is 1090. The lowest BCUT2D eigenvalue weighted by Crippen LogP contribution is -2.50. The average molecular weight is 495 g/mol. The molecule has 1 aliphatic carbocycles. The number of nitrogens with zero attached hydrogens (tertiary/aromatic N) is 2. The van der Waals surface area contributed by atoms with Crippen molar-refractivity contribution in [2.45, 2.75) is 69.6 Å². The molecule has 186 valence electrons. The number of carbonyl (C=O) groups excluding carboxylic acids is 2. The molecule has 2 fully saturated rings. The second-order valence-electron chi connectivity index (χ2n) is 11.3. The van der Waals surface area contributed by atoms with Gasteiger partial charge in [-0.25, -0.2) is 4.79 Å². The Hall–Kier alpha value is -2.53. The van der Waals surface area contributed by atoms with Crippen molar-refractivity contribution in [2.75, 3.05) is 19.0 Å². The van der Waals surface area contributed by atoms with E-state index in [0.29, 0.717) is 25.4 Å². The van der Waals surface area contributed by atoms with E-state index in [9.17, 15) is 9.59 Å². The van der Waals surface area contributed by atoms with Crippen molar-refractivity contribution in [3.63, 3.8) is 0 Å². The predicted molar refractivity (Wildman–Crippen MR) is 137 cm³/mol. The molecule has 2 saturated heterocycles. The number of fused-ring (bicyclic) bond motifs is 4. The van der Waals surface area contributed by atoms with Crippen molar-refractivity contribution in [3.05, 3.63) is 71.3 Å². The van der Waals surface area contributed by atoms with Gasteiger partial charge in [-0.15, -0.1) is 11.6 Å². The molecule has 2 unspecified atom stereocenters. The smallest absolute Gasteiger partial charge is 0.410 e. The molecule has 5 nitrogen and oxygen atoms in total. The summed E-state index contributed by atoms with van der Waals surface area (Å²) in [7, 11) is 0. The van der Waals surface area contributed by atoms with Crippen LogP contribution in [-0.4, -0.2) is 46.4 Å². The molecule has 3 aliphatic rings. The molecule has 0 bridgehead atoms. The first-order valence-corrected chi connectivity index (χ1v) is 13.3. The summed E-state index contributed by atoms with van der Waals surface area (Å²) < 4.78 is 5.62. The lowest BCUT2D eigenvalue weighted by atomic mass is 9.60. The molecule has 3 atom stereocenters. The molecule has 2 aromatic rings. The standard InChI is InChI=1S/C29H35ClN2O3/c1-28(2,3)35-27(34)31-15-13-29(14-16-31)18-21-17-25(33)32(24(19-30)20-9-5-4-6-10-20)26(21)22-11-7-8-12-23(22)29/h4-12,21,24,26H,13-19H2,1-3H3/t21?,24-,26?/m1/s1. The number of piperidine rings is 1. The van der Waals surface area contributed by atoms with Crippen molar-refractivity contribution in [2.24, 2.45) is 5.92 Å². The molecular weight excluding hydrogens is 460 g/mol. The Labute approximate surface area is 213 Å². The average Bonchev–Trinajstić information content (AvgIpc) is 3.15. The maximum absolute atomic E-state index is 13.5. The number of benzene rings is 2. The molecule has 2 heterocycles. The van der Waals surface area contributed by atoms with Crippen LogP contribution in [0, 0.1) is 5.92 Å². The number of carbonyl (C=O) groups is 2. The molecule has 35 heavy (non-hydrogen) atoms. The van der Waals surface area contributed by atoms with E-state index in [2.05, 4.69) is 41.3 Å². The minimum absolute atomic E-state index is 0.0181. The Morgan fingerprint density at radius 2 is 1.74 bits per heavy atom. The Balaban J connectivity index is 1.44. The lowest BCUT2D eigenvalue weighted by Gasteiger charge is -2.50. The molecule has 0 N–H and O–H groups in total. The van der Waals surface area contributed by atoms with Gasteiger partial charge in [-0.1, -0.05) is 54.6 Å². The highest BCUT2D eigenvalue weighted by Crippen LogP contribution is 2.57. The predicted octanol–water partition coefficient (Wildman–Crippen LogP) is 6.23. The topological polar surface area (TPSA) is 49.9 Å². The first-order valence-electron chi connectivity index (χ1n) is 12.7. The van der Waals surface area contributed by atoms with Crippen LogP contribution in [0.1, 0.15) is 75.2 Å². The van der Waals surface area contributed by atoms with Crippen LogP contribution in [-0.2, 0) is 14.9 Å². The van der Waals surface area contributed by atoms with Gasteiger partial charge in [0, 0.05) is 25.4 Å². The fourth-order valence-electron chi connectivity index (χ4n) is 6.55. The normalized spacial score (nSPS) is 24.2. The van der Waals surface area contributed by atoms with E-state index >= 15 is 0 Å². The van der Waals surface area contributed by atoms with Crippen molar-refractivity contribution in [1.82, 2.24) is 9.80 Å². The number of ether oxygens (including phenoxy) is 1. The number of alkyl halides is 1. The summed E-state index contributed by atoms with van der Waals surface area (Å²) >= 11 is 6.50. The third-order valence-electron chi connectivity index (χ3n) is 8.01. The maximum Gasteiger partial charge on any atom is 0.410 e. The summed E-state index contributed by atoms with van der Waals surface area (Å²) in [5, 5.41) is 0. The number of rotatable bonds is 3. The lowest BCUT2D eigenvalue weighted by molar-refractivity contribution is -0.131. The largest absolute Gasteiger partial charge is 0.444 e. The zero-order valence-electron chi connectivity index (χ0n) is 20.9. The number of halogens is 1. The van der Waals surface area contributed by atoms with Gasteiger partial charge in [-0.05, 0) is 68.1 Å². The van der Waals surface area contributed by atoms with E-state index in [1.807, 2.05) is 43.9 Å². The van der Waals surface area contributed by atoms with E-state index in [4.69, 9.17) is 16.3 Å². The van der Waals surface area contributed by atoms with E-state index in [0.717, 1.165) is 24.8 Å². The third kappa shape index (κ3) is 4.44. The van der Waals surface area contributed by atoms with Crippen molar-refractivity contribution in [3.8, 4) is 0 Å². The Morgan fingerprint density at radius 1 is 1.09 bits per heavy atom. The third-order valence-corrected chi connectivity index (χ3v) is 8.31. The molecule has 2 aliphatic heterocycles. The van der Waals surface area contributed by atoms with Crippen LogP contribution in [0.4, 0.5) is 4.79 Å². The molecular formula is C29H35ClN2O3. The highest BCUT2D eigenvalue weighted by Gasteiger charge is 2.53. The van der Waals surface area contributed by atoms with Gasteiger partial charge in [-0.3, -0.25) is 4.79 Å².